The van der Waals surface area contributed by atoms with E-state index in [1.165, 1.54) is 27.1 Å². The number of carbonyl (C=O) groups is 1. The predicted molar refractivity (Wildman–Crippen MR) is 99.4 cm³/mol. The predicted octanol–water partition coefficient (Wildman–Crippen LogP) is 1.38. The molecule has 10 heteroatoms. The van der Waals surface area contributed by atoms with Crippen LogP contribution in [0.15, 0.2) is 12.7 Å². The number of esters is 1. The number of nitrogen functional groups attached to an aromatic ring is 1. The highest BCUT2D eigenvalue weighted by atomic mass is 16.6. The summed E-state index contributed by atoms with van der Waals surface area (Å²) in [6.45, 7) is 8.26. The second-order valence-corrected chi connectivity index (χ2v) is 6.17. The van der Waals surface area contributed by atoms with Crippen LogP contribution < -0.4 is 5.73 Å². The maximum atomic E-state index is 10.8. The molecule has 0 aromatic carbocycles. The van der Waals surface area contributed by atoms with Crippen molar-refractivity contribution < 1.29 is 24.5 Å². The number of anilines is 1. The second-order valence-electron chi connectivity index (χ2n) is 6.17. The van der Waals surface area contributed by atoms with E-state index in [4.69, 9.17) is 25.4 Å². The molecule has 27 heavy (non-hydrogen) atoms. The van der Waals surface area contributed by atoms with Crippen molar-refractivity contribution in [3.8, 4) is 0 Å². The van der Waals surface area contributed by atoms with Crippen molar-refractivity contribution in [3.05, 3.63) is 12.7 Å². The minimum Gasteiger partial charge on any atom is -0.463 e. The van der Waals surface area contributed by atoms with E-state index in [2.05, 4.69) is 15.0 Å². The van der Waals surface area contributed by atoms with Gasteiger partial charge in [-0.3, -0.25) is 9.36 Å². The highest BCUT2D eigenvalue weighted by Crippen LogP contribution is 2.30. The Morgan fingerprint density at radius 1 is 1.33 bits per heavy atom. The van der Waals surface area contributed by atoms with Crippen LogP contribution >= 0.6 is 0 Å². The Labute approximate surface area is 158 Å². The first kappa shape index (κ1) is 22.7. The van der Waals surface area contributed by atoms with Crippen molar-refractivity contribution in [2.75, 3.05) is 12.3 Å². The first-order valence-corrected chi connectivity index (χ1v) is 8.81. The third-order valence-corrected chi connectivity index (χ3v) is 3.25. The topological polar surface area (TPSA) is 146 Å². The molecule has 0 bridgehead atoms. The summed E-state index contributed by atoms with van der Waals surface area (Å²) in [4.78, 5) is 23.1. The fourth-order valence-corrected chi connectivity index (χ4v) is 2.31. The second kappa shape index (κ2) is 10.1. The third-order valence-electron chi connectivity index (χ3n) is 3.25. The Hall–Kier alpha value is -2.30. The lowest BCUT2D eigenvalue weighted by molar-refractivity contribution is -0.145. The molecule has 0 saturated carbocycles. The van der Waals surface area contributed by atoms with E-state index in [1.807, 2.05) is 18.4 Å². The number of aromatic nitrogens is 4. The van der Waals surface area contributed by atoms with Crippen LogP contribution in [-0.4, -0.2) is 54.2 Å². The monoisotopic (exact) mass is 383 g/mol. The first-order valence-electron chi connectivity index (χ1n) is 8.81. The number of imidazole rings is 1. The molecule has 2 unspecified atom stereocenters. The quantitative estimate of drug-likeness (QED) is 0.528. The van der Waals surface area contributed by atoms with Crippen molar-refractivity contribution in [2.45, 2.75) is 65.6 Å². The summed E-state index contributed by atoms with van der Waals surface area (Å²) < 4.78 is 12.6. The molecule has 0 radical (unpaired) electrons. The van der Waals surface area contributed by atoms with Gasteiger partial charge in [0, 0.05) is 6.92 Å². The lowest BCUT2D eigenvalue weighted by atomic mass is 10.2. The smallest absolute Gasteiger partial charge is 0.302 e. The summed E-state index contributed by atoms with van der Waals surface area (Å²) in [5.74, 6) is -1.45. The maximum Gasteiger partial charge on any atom is 0.302 e. The molecule has 1 saturated heterocycles. The van der Waals surface area contributed by atoms with Gasteiger partial charge in [-0.1, -0.05) is 13.8 Å². The molecule has 2 aromatic rings. The van der Waals surface area contributed by atoms with Gasteiger partial charge in [0.05, 0.1) is 12.4 Å². The molecular weight excluding hydrogens is 354 g/mol. The Morgan fingerprint density at radius 2 is 1.96 bits per heavy atom. The Kier molecular flexibility index (Phi) is 8.54. The molecule has 10 nitrogen and oxygen atoms in total. The number of aliphatic hydroxyl groups is 2. The van der Waals surface area contributed by atoms with E-state index in [1.54, 1.807) is 6.33 Å². The Morgan fingerprint density at radius 3 is 2.56 bits per heavy atom. The lowest BCUT2D eigenvalue weighted by Gasteiger charge is -2.15. The third kappa shape index (κ3) is 7.45. The molecule has 152 valence electrons. The molecule has 4 N–H and O–H groups in total. The van der Waals surface area contributed by atoms with Gasteiger partial charge in [0.15, 0.2) is 17.3 Å². The van der Waals surface area contributed by atoms with Gasteiger partial charge < -0.3 is 25.4 Å². The maximum absolute atomic E-state index is 10.8. The van der Waals surface area contributed by atoms with E-state index in [0.29, 0.717) is 17.0 Å². The summed E-state index contributed by atoms with van der Waals surface area (Å²) in [7, 11) is 0. The van der Waals surface area contributed by atoms with Gasteiger partial charge in [0.1, 0.15) is 24.7 Å². The van der Waals surface area contributed by atoms with Gasteiger partial charge in [-0.05, 0) is 26.7 Å². The molecule has 3 heterocycles. The standard InChI is InChI=1S/C12H15N5O3.C3H8O2.C2H6/c1-7(18)19-4-8-2-3-9(20-8)17-6-16-10-11(13)14-5-15-12(10)17;1-3(2,4)5;1-2/h5-6,8-9H,2-4H2,1H3,(H2,13,14,15);4-5H,1-2H3;1-2H3. The van der Waals surface area contributed by atoms with Gasteiger partial charge >= 0.3 is 5.97 Å². The molecule has 1 aliphatic heterocycles. The van der Waals surface area contributed by atoms with Gasteiger partial charge in [-0.15, -0.1) is 0 Å². The summed E-state index contributed by atoms with van der Waals surface area (Å²) in [6, 6.07) is 0. The van der Waals surface area contributed by atoms with Gasteiger partial charge in [0.25, 0.3) is 0 Å². The SMILES string of the molecule is CC.CC(=O)OCC1CCC(n2cnc3c(N)ncnc32)O1.CC(C)(O)O. The minimum absolute atomic E-state index is 0.0967. The zero-order valence-corrected chi connectivity index (χ0v) is 16.4. The molecule has 1 fully saturated rings. The van der Waals surface area contributed by atoms with E-state index >= 15 is 0 Å². The molecule has 0 aliphatic carbocycles. The van der Waals surface area contributed by atoms with Crippen molar-refractivity contribution >= 4 is 23.0 Å². The summed E-state index contributed by atoms with van der Waals surface area (Å²) in [5.41, 5.74) is 6.97. The number of hydrogen-bond acceptors (Lipinski definition) is 9. The highest BCUT2D eigenvalue weighted by Gasteiger charge is 2.28. The van der Waals surface area contributed by atoms with Crippen LogP contribution in [0.25, 0.3) is 11.2 Å². The zero-order chi connectivity index (χ0) is 20.6. The Bertz CT molecular complexity index is 722. The molecule has 2 atom stereocenters. The highest BCUT2D eigenvalue weighted by molar-refractivity contribution is 5.81. The van der Waals surface area contributed by atoms with E-state index in [9.17, 15) is 4.79 Å². The van der Waals surface area contributed by atoms with Crippen LogP contribution in [0.4, 0.5) is 5.82 Å². The van der Waals surface area contributed by atoms with E-state index < -0.39 is 5.79 Å². The number of nitrogens with two attached hydrogens (primary N) is 1. The van der Waals surface area contributed by atoms with E-state index in [-0.39, 0.29) is 24.9 Å². The summed E-state index contributed by atoms with van der Waals surface area (Å²) in [5, 5.41) is 16.2. The van der Waals surface area contributed by atoms with Crippen molar-refractivity contribution in [3.63, 3.8) is 0 Å². The van der Waals surface area contributed by atoms with Gasteiger partial charge in [-0.2, -0.15) is 0 Å². The summed E-state index contributed by atoms with van der Waals surface area (Å²) in [6.07, 6.45) is 4.41. The first-order chi connectivity index (χ1) is 12.6. The summed E-state index contributed by atoms with van der Waals surface area (Å²) >= 11 is 0. The number of fused-ring (bicyclic) bond motifs is 1. The fourth-order valence-electron chi connectivity index (χ4n) is 2.31. The van der Waals surface area contributed by atoms with Crippen LogP contribution in [0.3, 0.4) is 0 Å². The van der Waals surface area contributed by atoms with Crippen LogP contribution in [0, 0.1) is 0 Å². The Balaban J connectivity index is 0.000000454. The van der Waals surface area contributed by atoms with Crippen LogP contribution in [0.1, 0.15) is 53.7 Å². The van der Waals surface area contributed by atoms with Gasteiger partial charge in [-0.25, -0.2) is 15.0 Å². The van der Waals surface area contributed by atoms with Crippen LogP contribution in [0.5, 0.6) is 0 Å². The van der Waals surface area contributed by atoms with Crippen LogP contribution in [0.2, 0.25) is 0 Å². The molecule has 0 spiro atoms. The zero-order valence-electron chi connectivity index (χ0n) is 16.4. The average Bonchev–Trinajstić information content (AvgIpc) is 3.20. The normalized spacial score (nSPS) is 18.9. The fraction of sp³-hybridized carbons (Fsp3) is 0.647. The molecule has 0 amide bonds. The molecular formula is C17H29N5O5. The minimum atomic E-state index is -1.50. The lowest BCUT2D eigenvalue weighted by Crippen LogP contribution is -2.18. The van der Waals surface area contributed by atoms with Gasteiger partial charge in [0.2, 0.25) is 0 Å². The van der Waals surface area contributed by atoms with Crippen LogP contribution in [-0.2, 0) is 14.3 Å². The number of hydrogen-bond donors (Lipinski definition) is 3. The average molecular weight is 383 g/mol. The number of rotatable bonds is 3. The molecule has 1 aliphatic rings. The van der Waals surface area contributed by atoms with Crippen molar-refractivity contribution in [1.29, 1.82) is 0 Å². The number of carbonyl (C=O) groups excluding carboxylic acids is 1. The number of nitrogens with zero attached hydrogens (tertiary/aromatic N) is 4. The van der Waals surface area contributed by atoms with Crippen molar-refractivity contribution in [2.24, 2.45) is 0 Å². The molecule has 2 aromatic heterocycles. The molecule has 3 rings (SSSR count). The van der Waals surface area contributed by atoms with E-state index in [0.717, 1.165) is 12.8 Å². The van der Waals surface area contributed by atoms with Crippen molar-refractivity contribution in [1.82, 2.24) is 19.5 Å². The largest absolute Gasteiger partial charge is 0.463 e. The number of ether oxygens (including phenoxy) is 2.